The number of aromatic hydroxyl groups is 1. The highest BCUT2D eigenvalue weighted by molar-refractivity contribution is 5.76. The van der Waals surface area contributed by atoms with Crippen molar-refractivity contribution in [2.24, 2.45) is 0 Å². The van der Waals surface area contributed by atoms with Crippen molar-refractivity contribution in [1.29, 1.82) is 0 Å². The Balaban J connectivity index is 1.76. The van der Waals surface area contributed by atoms with Crippen molar-refractivity contribution < 1.29 is 14.6 Å². The van der Waals surface area contributed by atoms with Crippen molar-refractivity contribution in [3.63, 3.8) is 0 Å². The average molecular weight is 356 g/mol. The number of aromatic nitrogens is 2. The van der Waals surface area contributed by atoms with Gasteiger partial charge in [-0.3, -0.25) is 4.79 Å². The second-order valence-corrected chi connectivity index (χ2v) is 6.57. The summed E-state index contributed by atoms with van der Waals surface area (Å²) in [5.74, 6) is 0.911. The minimum Gasteiger partial charge on any atom is -0.507 e. The van der Waals surface area contributed by atoms with E-state index < -0.39 is 0 Å². The molecule has 0 spiro atoms. The van der Waals surface area contributed by atoms with E-state index in [4.69, 9.17) is 4.74 Å². The monoisotopic (exact) mass is 356 g/mol. The van der Waals surface area contributed by atoms with E-state index in [1.165, 1.54) is 0 Å². The Kier molecular flexibility index (Phi) is 5.37. The number of phenols is 1. The summed E-state index contributed by atoms with van der Waals surface area (Å²) in [4.78, 5) is 13.6. The van der Waals surface area contributed by atoms with Crippen LogP contribution < -0.4 is 10.2 Å². The number of carbonyl (C=O) groups is 1. The zero-order valence-corrected chi connectivity index (χ0v) is 15.3. The number of nitrogens with zero attached hydrogens (tertiary/aromatic N) is 3. The fraction of sp³-hybridized carbons (Fsp3) is 0.421. The fourth-order valence-corrected chi connectivity index (χ4v) is 3.27. The van der Waals surface area contributed by atoms with E-state index in [0.29, 0.717) is 37.4 Å². The Labute approximate surface area is 153 Å². The lowest BCUT2D eigenvalue weighted by atomic mass is 10.0. The van der Waals surface area contributed by atoms with Gasteiger partial charge in [0.05, 0.1) is 24.8 Å². The molecule has 2 N–H and O–H groups in total. The van der Waals surface area contributed by atoms with Crippen LogP contribution in [0.15, 0.2) is 24.3 Å². The van der Waals surface area contributed by atoms with Gasteiger partial charge in [0.15, 0.2) is 5.82 Å². The minimum atomic E-state index is -0.159. The maximum absolute atomic E-state index is 11.6. The van der Waals surface area contributed by atoms with Crippen LogP contribution in [0, 0.1) is 13.8 Å². The highest BCUT2D eigenvalue weighted by atomic mass is 16.5. The summed E-state index contributed by atoms with van der Waals surface area (Å²) < 4.78 is 5.65. The molecule has 0 saturated carbocycles. The zero-order chi connectivity index (χ0) is 18.7. The van der Waals surface area contributed by atoms with Crippen LogP contribution in [0.25, 0.3) is 11.3 Å². The summed E-state index contributed by atoms with van der Waals surface area (Å²) in [5, 5.41) is 21.5. The van der Waals surface area contributed by atoms with Crippen LogP contribution in [0.2, 0.25) is 0 Å². The van der Waals surface area contributed by atoms with Crippen molar-refractivity contribution >= 4 is 11.7 Å². The van der Waals surface area contributed by atoms with Gasteiger partial charge in [-0.1, -0.05) is 6.07 Å². The van der Waals surface area contributed by atoms with Gasteiger partial charge in [0.25, 0.3) is 0 Å². The Bertz CT molecular complexity index is 769. The summed E-state index contributed by atoms with van der Waals surface area (Å²) >= 11 is 0. The second-order valence-electron chi connectivity index (χ2n) is 6.57. The van der Waals surface area contributed by atoms with E-state index in [2.05, 4.69) is 20.4 Å². The summed E-state index contributed by atoms with van der Waals surface area (Å²) in [6, 6.07) is 7.49. The number of anilines is 1. The standard InChI is InChI=1S/C19H24N4O3/c1-12-8-13(2)19(16(24)9-12)15-4-5-17(22-21-15)23-6-7-26-14(11-23)10-18(25)20-3/h4-5,8-9,14,24H,6-7,10-11H2,1-3H3,(H,20,25)/t14-/m0/s1. The summed E-state index contributed by atoms with van der Waals surface area (Å²) in [5.41, 5.74) is 3.30. The van der Waals surface area contributed by atoms with Crippen LogP contribution in [0.3, 0.4) is 0 Å². The first-order chi connectivity index (χ1) is 12.5. The summed E-state index contributed by atoms with van der Waals surface area (Å²) in [6.45, 7) is 5.73. The molecule has 1 saturated heterocycles. The molecule has 26 heavy (non-hydrogen) atoms. The largest absolute Gasteiger partial charge is 0.507 e. The lowest BCUT2D eigenvalue weighted by molar-refractivity contribution is -0.123. The van der Waals surface area contributed by atoms with Gasteiger partial charge in [-0.05, 0) is 43.2 Å². The Morgan fingerprint density at radius 1 is 1.35 bits per heavy atom. The van der Waals surface area contributed by atoms with Gasteiger partial charge in [-0.2, -0.15) is 0 Å². The number of benzene rings is 1. The molecule has 1 aliphatic heterocycles. The third kappa shape index (κ3) is 3.94. The second kappa shape index (κ2) is 7.70. The summed E-state index contributed by atoms with van der Waals surface area (Å²) in [6.07, 6.45) is 0.170. The molecule has 1 fully saturated rings. The highest BCUT2D eigenvalue weighted by Gasteiger charge is 2.24. The molecule has 7 heteroatoms. The van der Waals surface area contributed by atoms with E-state index >= 15 is 0 Å². The zero-order valence-electron chi connectivity index (χ0n) is 15.3. The van der Waals surface area contributed by atoms with Crippen molar-refractivity contribution in [3.8, 4) is 17.0 Å². The number of ether oxygens (including phenoxy) is 1. The molecule has 0 unspecified atom stereocenters. The maximum atomic E-state index is 11.6. The first kappa shape index (κ1) is 18.1. The molecule has 7 nitrogen and oxygen atoms in total. The molecule has 3 rings (SSSR count). The minimum absolute atomic E-state index is 0.0383. The number of aryl methyl sites for hydroxylation is 2. The molecule has 0 radical (unpaired) electrons. The molecule has 138 valence electrons. The van der Waals surface area contributed by atoms with Crippen molar-refractivity contribution in [2.45, 2.75) is 26.4 Å². The smallest absolute Gasteiger partial charge is 0.222 e. The van der Waals surface area contributed by atoms with Gasteiger partial charge in [0.2, 0.25) is 5.91 Å². The fourth-order valence-electron chi connectivity index (χ4n) is 3.27. The number of rotatable bonds is 4. The first-order valence-electron chi connectivity index (χ1n) is 8.69. The molecule has 1 aromatic heterocycles. The van der Waals surface area contributed by atoms with Gasteiger partial charge in [0, 0.05) is 25.7 Å². The van der Waals surface area contributed by atoms with Gasteiger partial charge in [-0.25, -0.2) is 0 Å². The van der Waals surface area contributed by atoms with Crippen LogP contribution >= 0.6 is 0 Å². The van der Waals surface area contributed by atoms with Crippen LogP contribution in [-0.2, 0) is 9.53 Å². The lowest BCUT2D eigenvalue weighted by Gasteiger charge is -2.33. The lowest BCUT2D eigenvalue weighted by Crippen LogP contribution is -2.44. The topological polar surface area (TPSA) is 87.6 Å². The number of morpholine rings is 1. The summed E-state index contributed by atoms with van der Waals surface area (Å²) in [7, 11) is 1.62. The molecular weight excluding hydrogens is 332 g/mol. The quantitative estimate of drug-likeness (QED) is 0.869. The Hall–Kier alpha value is -2.67. The third-order valence-electron chi connectivity index (χ3n) is 4.52. The number of carbonyl (C=O) groups excluding carboxylic acids is 1. The maximum Gasteiger partial charge on any atom is 0.222 e. The van der Waals surface area contributed by atoms with Crippen molar-refractivity contribution in [1.82, 2.24) is 15.5 Å². The molecule has 2 heterocycles. The average Bonchev–Trinajstić information content (AvgIpc) is 2.61. The van der Waals surface area contributed by atoms with Gasteiger partial charge >= 0.3 is 0 Å². The van der Waals surface area contributed by atoms with Crippen LogP contribution in [-0.4, -0.2) is 54.1 Å². The molecule has 1 aliphatic rings. The van der Waals surface area contributed by atoms with E-state index in [0.717, 1.165) is 16.9 Å². The predicted molar refractivity (Wildman–Crippen MR) is 99.2 cm³/mol. The predicted octanol–water partition coefficient (Wildman–Crippen LogP) is 1.81. The third-order valence-corrected chi connectivity index (χ3v) is 4.52. The van der Waals surface area contributed by atoms with Gasteiger partial charge < -0.3 is 20.1 Å². The van der Waals surface area contributed by atoms with Gasteiger partial charge in [0.1, 0.15) is 5.75 Å². The van der Waals surface area contributed by atoms with Gasteiger partial charge in [-0.15, -0.1) is 10.2 Å². The number of phenolic OH excluding ortho intramolecular Hbond substituents is 1. The van der Waals surface area contributed by atoms with Crippen LogP contribution in [0.4, 0.5) is 5.82 Å². The molecule has 0 bridgehead atoms. The van der Waals surface area contributed by atoms with E-state index in [1.807, 2.05) is 32.0 Å². The van der Waals surface area contributed by atoms with Crippen LogP contribution in [0.5, 0.6) is 5.75 Å². The number of nitrogens with one attached hydrogen (secondary N) is 1. The van der Waals surface area contributed by atoms with E-state index in [1.54, 1.807) is 13.1 Å². The van der Waals surface area contributed by atoms with E-state index in [9.17, 15) is 9.90 Å². The van der Waals surface area contributed by atoms with Crippen LogP contribution in [0.1, 0.15) is 17.5 Å². The molecule has 1 amide bonds. The number of amides is 1. The molecular formula is C19H24N4O3. The SMILES string of the molecule is CNC(=O)C[C@H]1CN(c2ccc(-c3c(C)cc(C)cc3O)nn2)CCO1. The van der Waals surface area contributed by atoms with E-state index in [-0.39, 0.29) is 17.8 Å². The number of hydrogen-bond acceptors (Lipinski definition) is 6. The first-order valence-corrected chi connectivity index (χ1v) is 8.69. The number of hydrogen-bond donors (Lipinski definition) is 2. The molecule has 1 atom stereocenters. The van der Waals surface area contributed by atoms with Crippen molar-refractivity contribution in [3.05, 3.63) is 35.4 Å². The Morgan fingerprint density at radius 3 is 2.81 bits per heavy atom. The highest BCUT2D eigenvalue weighted by Crippen LogP contribution is 2.32. The molecule has 1 aromatic carbocycles. The Morgan fingerprint density at radius 2 is 2.15 bits per heavy atom. The molecule has 0 aliphatic carbocycles. The molecule has 2 aromatic rings. The van der Waals surface area contributed by atoms with Crippen molar-refractivity contribution in [2.75, 3.05) is 31.6 Å². The normalized spacial score (nSPS) is 17.2.